The Balaban J connectivity index is 2.09. The molecular weight excluding hydrogens is 222 g/mol. The van der Waals surface area contributed by atoms with Gasteiger partial charge in [-0.05, 0) is 33.1 Å². The van der Waals surface area contributed by atoms with Crippen LogP contribution in [0.25, 0.3) is 0 Å². The molecule has 0 radical (unpaired) electrons. The molecule has 2 fully saturated rings. The number of amides is 1. The van der Waals surface area contributed by atoms with Crippen molar-refractivity contribution in [1.82, 2.24) is 4.90 Å². The van der Waals surface area contributed by atoms with Gasteiger partial charge in [-0.25, -0.2) is 0 Å². The molecular formula is C12H19NO4. The predicted octanol–water partition coefficient (Wildman–Crippen LogP) is 0.877. The lowest BCUT2D eigenvalue weighted by Crippen LogP contribution is -2.49. The summed E-state index contributed by atoms with van der Waals surface area (Å²) in [7, 11) is 0. The number of carboxylic acids is 1. The minimum atomic E-state index is -0.815. The van der Waals surface area contributed by atoms with Gasteiger partial charge in [0.05, 0.1) is 5.92 Å². The van der Waals surface area contributed by atoms with E-state index in [1.165, 1.54) is 0 Å². The van der Waals surface area contributed by atoms with E-state index in [-0.39, 0.29) is 11.9 Å². The Bertz CT molecular complexity index is 335. The first-order valence-electron chi connectivity index (χ1n) is 6.13. The van der Waals surface area contributed by atoms with Gasteiger partial charge in [0, 0.05) is 19.2 Å². The van der Waals surface area contributed by atoms with E-state index in [4.69, 9.17) is 9.84 Å². The van der Waals surface area contributed by atoms with Gasteiger partial charge in [-0.15, -0.1) is 0 Å². The average molecular weight is 241 g/mol. The topological polar surface area (TPSA) is 66.8 Å². The Morgan fingerprint density at radius 2 is 2.18 bits per heavy atom. The fourth-order valence-corrected chi connectivity index (χ4v) is 2.81. The van der Waals surface area contributed by atoms with Crippen LogP contribution in [0.1, 0.15) is 33.1 Å². The number of carbonyl (C=O) groups excluding carboxylic acids is 1. The number of aliphatic carboxylic acids is 1. The molecule has 0 spiro atoms. The predicted molar refractivity (Wildman–Crippen MR) is 60.5 cm³/mol. The third-order valence-corrected chi connectivity index (χ3v) is 4.00. The van der Waals surface area contributed by atoms with Crippen LogP contribution in [0.2, 0.25) is 0 Å². The lowest BCUT2D eigenvalue weighted by atomic mass is 9.99. The maximum absolute atomic E-state index is 12.4. The first kappa shape index (κ1) is 12.4. The molecule has 5 heteroatoms. The van der Waals surface area contributed by atoms with Gasteiger partial charge in [0.25, 0.3) is 5.91 Å². The maximum atomic E-state index is 12.4. The molecule has 0 aliphatic carbocycles. The van der Waals surface area contributed by atoms with Crippen molar-refractivity contribution in [2.45, 2.75) is 44.8 Å². The first-order chi connectivity index (χ1) is 7.96. The SMILES string of the molecule is CC1C(C(=O)O)CCN1C(=O)C1(C)CCCO1. The standard InChI is InChI=1S/C12H19NO4/c1-8-9(10(14)15)4-6-13(8)11(16)12(2)5-3-7-17-12/h8-9H,3-7H2,1-2H3,(H,14,15). The van der Waals surface area contributed by atoms with Crippen LogP contribution < -0.4 is 0 Å². The fraction of sp³-hybridized carbons (Fsp3) is 0.833. The number of likely N-dealkylation sites (tertiary alicyclic amines) is 1. The van der Waals surface area contributed by atoms with Crippen molar-refractivity contribution in [1.29, 1.82) is 0 Å². The molecule has 96 valence electrons. The number of carbonyl (C=O) groups is 2. The van der Waals surface area contributed by atoms with Crippen LogP contribution >= 0.6 is 0 Å². The summed E-state index contributed by atoms with van der Waals surface area (Å²) >= 11 is 0. The number of hydrogen-bond acceptors (Lipinski definition) is 3. The zero-order valence-electron chi connectivity index (χ0n) is 10.3. The molecule has 2 rings (SSSR count). The average Bonchev–Trinajstić information content (AvgIpc) is 2.85. The third-order valence-electron chi connectivity index (χ3n) is 4.00. The van der Waals surface area contributed by atoms with Crippen LogP contribution in [0.5, 0.6) is 0 Å². The van der Waals surface area contributed by atoms with Gasteiger partial charge in [0.15, 0.2) is 0 Å². The third kappa shape index (κ3) is 2.04. The minimum Gasteiger partial charge on any atom is -0.481 e. The van der Waals surface area contributed by atoms with Crippen molar-refractivity contribution in [2.24, 2.45) is 5.92 Å². The molecule has 17 heavy (non-hydrogen) atoms. The summed E-state index contributed by atoms with van der Waals surface area (Å²) in [6, 6.07) is -0.235. The minimum absolute atomic E-state index is 0.0498. The van der Waals surface area contributed by atoms with Crippen molar-refractivity contribution < 1.29 is 19.4 Å². The van der Waals surface area contributed by atoms with E-state index < -0.39 is 17.5 Å². The zero-order chi connectivity index (χ0) is 12.6. The molecule has 0 saturated carbocycles. The summed E-state index contributed by atoms with van der Waals surface area (Å²) in [5, 5.41) is 9.04. The van der Waals surface area contributed by atoms with E-state index in [0.29, 0.717) is 19.6 Å². The van der Waals surface area contributed by atoms with Crippen LogP contribution in [0.15, 0.2) is 0 Å². The lowest BCUT2D eigenvalue weighted by molar-refractivity contribution is -0.153. The van der Waals surface area contributed by atoms with E-state index in [1.807, 2.05) is 13.8 Å². The Kier molecular flexibility index (Phi) is 3.12. The second-order valence-corrected chi connectivity index (χ2v) is 5.16. The molecule has 2 aliphatic heterocycles. The van der Waals surface area contributed by atoms with Gasteiger partial charge in [-0.3, -0.25) is 9.59 Å². The van der Waals surface area contributed by atoms with Crippen molar-refractivity contribution >= 4 is 11.9 Å². The Morgan fingerprint density at radius 3 is 2.65 bits per heavy atom. The van der Waals surface area contributed by atoms with Crippen molar-refractivity contribution in [3.8, 4) is 0 Å². The van der Waals surface area contributed by atoms with Crippen LogP contribution in [0, 0.1) is 5.92 Å². The van der Waals surface area contributed by atoms with Crippen LogP contribution in [0.3, 0.4) is 0 Å². The first-order valence-corrected chi connectivity index (χ1v) is 6.13. The van der Waals surface area contributed by atoms with Gasteiger partial charge < -0.3 is 14.7 Å². The summed E-state index contributed by atoms with van der Waals surface area (Å²) in [5.74, 6) is -1.31. The highest BCUT2D eigenvalue weighted by molar-refractivity contribution is 5.86. The van der Waals surface area contributed by atoms with E-state index in [2.05, 4.69) is 0 Å². The quantitative estimate of drug-likeness (QED) is 0.779. The van der Waals surface area contributed by atoms with Crippen molar-refractivity contribution in [2.75, 3.05) is 13.2 Å². The normalized spacial score (nSPS) is 37.4. The maximum Gasteiger partial charge on any atom is 0.308 e. The van der Waals surface area contributed by atoms with Gasteiger partial charge in [-0.2, -0.15) is 0 Å². The molecule has 2 aliphatic rings. The van der Waals surface area contributed by atoms with Gasteiger partial charge in [-0.1, -0.05) is 0 Å². The summed E-state index contributed by atoms with van der Waals surface area (Å²) in [5.41, 5.74) is -0.734. The van der Waals surface area contributed by atoms with E-state index in [0.717, 1.165) is 12.8 Å². The Hall–Kier alpha value is -1.10. The molecule has 0 aromatic heterocycles. The van der Waals surface area contributed by atoms with Crippen LogP contribution in [-0.2, 0) is 14.3 Å². The summed E-state index contributed by atoms with van der Waals surface area (Å²) in [6.07, 6.45) is 2.16. The summed E-state index contributed by atoms with van der Waals surface area (Å²) in [4.78, 5) is 25.0. The Labute approximate surface area is 101 Å². The summed E-state index contributed by atoms with van der Waals surface area (Å²) in [6.45, 7) is 4.76. The molecule has 3 unspecified atom stereocenters. The van der Waals surface area contributed by atoms with E-state index in [9.17, 15) is 9.59 Å². The van der Waals surface area contributed by atoms with Gasteiger partial charge in [0.2, 0.25) is 0 Å². The smallest absolute Gasteiger partial charge is 0.308 e. The van der Waals surface area contributed by atoms with Crippen LogP contribution in [0.4, 0.5) is 0 Å². The molecule has 3 atom stereocenters. The van der Waals surface area contributed by atoms with Gasteiger partial charge >= 0.3 is 5.97 Å². The number of hydrogen-bond donors (Lipinski definition) is 1. The fourth-order valence-electron chi connectivity index (χ4n) is 2.81. The molecule has 1 N–H and O–H groups in total. The summed E-state index contributed by atoms with van der Waals surface area (Å²) < 4.78 is 5.52. The largest absolute Gasteiger partial charge is 0.481 e. The molecule has 0 bridgehead atoms. The molecule has 0 aromatic rings. The second-order valence-electron chi connectivity index (χ2n) is 5.16. The number of carboxylic acid groups (broad SMARTS) is 1. The highest BCUT2D eigenvalue weighted by Gasteiger charge is 2.46. The zero-order valence-corrected chi connectivity index (χ0v) is 10.3. The molecule has 0 aromatic carbocycles. The monoisotopic (exact) mass is 241 g/mol. The van der Waals surface area contributed by atoms with Gasteiger partial charge in [0.1, 0.15) is 5.60 Å². The highest BCUT2D eigenvalue weighted by atomic mass is 16.5. The van der Waals surface area contributed by atoms with Crippen molar-refractivity contribution in [3.63, 3.8) is 0 Å². The van der Waals surface area contributed by atoms with Crippen molar-refractivity contribution in [3.05, 3.63) is 0 Å². The number of rotatable bonds is 2. The lowest BCUT2D eigenvalue weighted by Gasteiger charge is -2.31. The molecule has 5 nitrogen and oxygen atoms in total. The second kappa shape index (κ2) is 4.29. The Morgan fingerprint density at radius 1 is 1.47 bits per heavy atom. The van der Waals surface area contributed by atoms with Crippen LogP contribution in [-0.4, -0.2) is 46.7 Å². The van der Waals surface area contributed by atoms with E-state index >= 15 is 0 Å². The number of nitrogens with zero attached hydrogens (tertiary/aromatic N) is 1. The van der Waals surface area contributed by atoms with E-state index in [1.54, 1.807) is 4.90 Å². The highest BCUT2D eigenvalue weighted by Crippen LogP contribution is 2.32. The molecule has 1 amide bonds. The molecule has 2 saturated heterocycles. The number of ether oxygens (including phenoxy) is 1. The molecule has 2 heterocycles.